The lowest BCUT2D eigenvalue weighted by Gasteiger charge is -2.06. The molecular weight excluding hydrogens is 405 g/mol. The Hall–Kier alpha value is -2.67. The maximum atomic E-state index is 12.0. The standard InChI is InChI=1S/C19H13Cl2N3O2S/c20-13-8-12(9-14(21)10-13)17-5-3-16(26-17)4-6-18(25)24-19(27)23-15-2-1-7-22-11-15/h1-11H,(H2,23,24,25,27)/b6-4+. The molecule has 8 heteroatoms. The van der Waals surface area contributed by atoms with Gasteiger partial charge in [-0.05, 0) is 60.8 Å². The average molecular weight is 418 g/mol. The number of carbonyl (C=O) groups excluding carboxylic acids is 1. The molecule has 0 aliphatic heterocycles. The van der Waals surface area contributed by atoms with E-state index < -0.39 is 0 Å². The first-order chi connectivity index (χ1) is 13.0. The number of aromatic nitrogens is 1. The molecular formula is C19H13Cl2N3O2S. The number of nitrogens with one attached hydrogen (secondary N) is 2. The highest BCUT2D eigenvalue weighted by molar-refractivity contribution is 7.80. The van der Waals surface area contributed by atoms with E-state index in [1.54, 1.807) is 54.9 Å². The summed E-state index contributed by atoms with van der Waals surface area (Å²) in [6.45, 7) is 0. The minimum Gasteiger partial charge on any atom is -0.457 e. The third-order valence-electron chi connectivity index (χ3n) is 3.33. The zero-order chi connectivity index (χ0) is 19.2. The number of anilines is 1. The summed E-state index contributed by atoms with van der Waals surface area (Å²) in [5.41, 5.74) is 1.43. The molecule has 0 bridgehead atoms. The number of amides is 1. The maximum Gasteiger partial charge on any atom is 0.250 e. The number of thiocarbonyl (C=S) groups is 1. The number of rotatable bonds is 4. The Morgan fingerprint density at radius 1 is 1.15 bits per heavy atom. The van der Waals surface area contributed by atoms with Crippen molar-refractivity contribution < 1.29 is 9.21 Å². The zero-order valence-corrected chi connectivity index (χ0v) is 16.1. The second-order valence-corrected chi connectivity index (χ2v) is 6.66. The van der Waals surface area contributed by atoms with Crippen molar-refractivity contribution in [3.8, 4) is 11.3 Å². The largest absolute Gasteiger partial charge is 0.457 e. The van der Waals surface area contributed by atoms with Crippen molar-refractivity contribution in [2.24, 2.45) is 0 Å². The highest BCUT2D eigenvalue weighted by Crippen LogP contribution is 2.28. The summed E-state index contributed by atoms with van der Waals surface area (Å²) in [7, 11) is 0. The molecule has 1 amide bonds. The fraction of sp³-hybridized carbons (Fsp3) is 0. The van der Waals surface area contributed by atoms with Crippen LogP contribution in [0.2, 0.25) is 10.0 Å². The van der Waals surface area contributed by atoms with Crippen LogP contribution in [0.25, 0.3) is 17.4 Å². The monoisotopic (exact) mass is 417 g/mol. The Bertz CT molecular complexity index is 983. The molecule has 0 fully saturated rings. The Labute approximate surface area is 171 Å². The van der Waals surface area contributed by atoms with Gasteiger partial charge in [0.05, 0.1) is 11.9 Å². The number of pyridine rings is 1. The van der Waals surface area contributed by atoms with Crippen molar-refractivity contribution in [2.75, 3.05) is 5.32 Å². The highest BCUT2D eigenvalue weighted by Gasteiger charge is 2.07. The number of hydrogen-bond donors (Lipinski definition) is 2. The summed E-state index contributed by atoms with van der Waals surface area (Å²) < 4.78 is 5.69. The highest BCUT2D eigenvalue weighted by atomic mass is 35.5. The Balaban J connectivity index is 1.60. The van der Waals surface area contributed by atoms with Crippen LogP contribution in [0.5, 0.6) is 0 Å². The van der Waals surface area contributed by atoms with Crippen LogP contribution < -0.4 is 10.6 Å². The molecule has 0 saturated carbocycles. The van der Waals surface area contributed by atoms with Gasteiger partial charge in [-0.15, -0.1) is 0 Å². The van der Waals surface area contributed by atoms with E-state index in [9.17, 15) is 4.79 Å². The summed E-state index contributed by atoms with van der Waals surface area (Å²) in [6, 6.07) is 12.2. The molecule has 0 aliphatic carbocycles. The molecule has 2 heterocycles. The normalized spacial score (nSPS) is 10.7. The van der Waals surface area contributed by atoms with E-state index in [4.69, 9.17) is 39.8 Å². The van der Waals surface area contributed by atoms with Crippen LogP contribution in [-0.4, -0.2) is 16.0 Å². The maximum absolute atomic E-state index is 12.0. The van der Waals surface area contributed by atoms with E-state index in [0.717, 1.165) is 5.56 Å². The number of hydrogen-bond acceptors (Lipinski definition) is 4. The van der Waals surface area contributed by atoms with Gasteiger partial charge in [0.15, 0.2) is 5.11 Å². The summed E-state index contributed by atoms with van der Waals surface area (Å²) in [6.07, 6.45) is 6.10. The minimum atomic E-state index is -0.389. The summed E-state index contributed by atoms with van der Waals surface area (Å²) in [5, 5.41) is 6.60. The SMILES string of the molecule is O=C(/C=C/c1ccc(-c2cc(Cl)cc(Cl)c2)o1)NC(=S)Nc1cccnc1. The smallest absolute Gasteiger partial charge is 0.250 e. The van der Waals surface area contributed by atoms with Crippen LogP contribution in [0.15, 0.2) is 65.4 Å². The van der Waals surface area contributed by atoms with Gasteiger partial charge in [-0.3, -0.25) is 15.1 Å². The third kappa shape index (κ3) is 5.65. The van der Waals surface area contributed by atoms with Gasteiger partial charge in [0, 0.05) is 27.9 Å². The lowest BCUT2D eigenvalue weighted by molar-refractivity contribution is -0.115. The molecule has 136 valence electrons. The van der Waals surface area contributed by atoms with Crippen molar-refractivity contribution in [1.82, 2.24) is 10.3 Å². The second kappa shape index (κ2) is 8.81. The molecule has 27 heavy (non-hydrogen) atoms. The molecule has 0 unspecified atom stereocenters. The van der Waals surface area contributed by atoms with Crippen molar-refractivity contribution in [2.45, 2.75) is 0 Å². The van der Waals surface area contributed by atoms with E-state index in [0.29, 0.717) is 27.3 Å². The average Bonchev–Trinajstić information content (AvgIpc) is 3.09. The van der Waals surface area contributed by atoms with E-state index in [-0.39, 0.29) is 11.0 Å². The molecule has 0 aliphatic rings. The first kappa shape index (κ1) is 19.1. The molecule has 0 saturated heterocycles. The topological polar surface area (TPSA) is 67.2 Å². The zero-order valence-electron chi connectivity index (χ0n) is 13.8. The molecule has 5 nitrogen and oxygen atoms in total. The van der Waals surface area contributed by atoms with Crippen molar-refractivity contribution in [1.29, 1.82) is 0 Å². The van der Waals surface area contributed by atoms with E-state index in [2.05, 4.69) is 15.6 Å². The molecule has 0 atom stereocenters. The molecule has 2 aromatic heterocycles. The number of furan rings is 1. The molecule has 3 aromatic rings. The van der Waals surface area contributed by atoms with Gasteiger partial charge in [0.2, 0.25) is 5.91 Å². The molecule has 2 N–H and O–H groups in total. The number of nitrogens with zero attached hydrogens (tertiary/aromatic N) is 1. The molecule has 0 radical (unpaired) electrons. The van der Waals surface area contributed by atoms with Gasteiger partial charge >= 0.3 is 0 Å². The number of carbonyl (C=O) groups is 1. The molecule has 3 rings (SSSR count). The fourth-order valence-electron chi connectivity index (χ4n) is 2.20. The number of halogens is 2. The van der Waals surface area contributed by atoms with Crippen LogP contribution in [0.1, 0.15) is 5.76 Å². The van der Waals surface area contributed by atoms with Crippen LogP contribution in [0.3, 0.4) is 0 Å². The van der Waals surface area contributed by atoms with Crippen molar-refractivity contribution in [3.63, 3.8) is 0 Å². The van der Waals surface area contributed by atoms with Gasteiger partial charge in [-0.2, -0.15) is 0 Å². The summed E-state index contributed by atoms with van der Waals surface area (Å²) in [5.74, 6) is 0.704. The lowest BCUT2D eigenvalue weighted by atomic mass is 10.2. The fourth-order valence-corrected chi connectivity index (χ4v) is 2.95. The second-order valence-electron chi connectivity index (χ2n) is 5.38. The lowest BCUT2D eigenvalue weighted by Crippen LogP contribution is -2.32. The van der Waals surface area contributed by atoms with E-state index >= 15 is 0 Å². The van der Waals surface area contributed by atoms with Gasteiger partial charge in [0.1, 0.15) is 11.5 Å². The van der Waals surface area contributed by atoms with E-state index in [1.165, 1.54) is 12.2 Å². The van der Waals surface area contributed by atoms with E-state index in [1.807, 2.05) is 0 Å². The van der Waals surface area contributed by atoms with Crippen LogP contribution in [0.4, 0.5) is 5.69 Å². The van der Waals surface area contributed by atoms with Gasteiger partial charge in [-0.25, -0.2) is 0 Å². The first-order valence-electron chi connectivity index (χ1n) is 7.76. The third-order valence-corrected chi connectivity index (χ3v) is 3.97. The Morgan fingerprint density at radius 3 is 2.63 bits per heavy atom. The van der Waals surface area contributed by atoms with Gasteiger partial charge in [-0.1, -0.05) is 23.2 Å². The summed E-state index contributed by atoms with van der Waals surface area (Å²) >= 11 is 17.1. The first-order valence-corrected chi connectivity index (χ1v) is 8.92. The molecule has 0 spiro atoms. The minimum absolute atomic E-state index is 0.173. The quantitative estimate of drug-likeness (QED) is 0.452. The van der Waals surface area contributed by atoms with Gasteiger partial charge < -0.3 is 9.73 Å². The predicted octanol–water partition coefficient (Wildman–Crippen LogP) is 5.17. The number of benzene rings is 1. The van der Waals surface area contributed by atoms with Crippen LogP contribution in [-0.2, 0) is 4.79 Å². The van der Waals surface area contributed by atoms with Gasteiger partial charge in [0.25, 0.3) is 0 Å². The van der Waals surface area contributed by atoms with Crippen LogP contribution >= 0.6 is 35.4 Å². The Morgan fingerprint density at radius 2 is 1.93 bits per heavy atom. The van der Waals surface area contributed by atoms with Crippen molar-refractivity contribution in [3.05, 3.63) is 76.7 Å². The van der Waals surface area contributed by atoms with Crippen molar-refractivity contribution >= 4 is 58.2 Å². The van der Waals surface area contributed by atoms with Crippen LogP contribution in [0, 0.1) is 0 Å². The molecule has 1 aromatic carbocycles. The Kier molecular flexibility index (Phi) is 6.24. The summed E-state index contributed by atoms with van der Waals surface area (Å²) in [4.78, 5) is 15.9. The predicted molar refractivity (Wildman–Crippen MR) is 112 cm³/mol.